The molecular formula is C7H4Cl3F2NO4S2. The van der Waals surface area contributed by atoms with E-state index < -0.39 is 45.5 Å². The zero-order chi connectivity index (χ0) is 15.0. The zero-order valence-electron chi connectivity index (χ0n) is 8.57. The number of rotatable bonds is 4. The number of alkyl halides is 2. The van der Waals surface area contributed by atoms with Crippen molar-refractivity contribution in [3.8, 4) is 0 Å². The Kier molecular flexibility index (Phi) is 4.89. The van der Waals surface area contributed by atoms with Crippen LogP contribution in [-0.2, 0) is 19.1 Å². The lowest BCUT2D eigenvalue weighted by molar-refractivity contribution is 0.236. The molecule has 108 valence electrons. The van der Waals surface area contributed by atoms with Gasteiger partial charge in [0, 0.05) is 10.7 Å². The standard InChI is InChI=1S/C7H4Cl3F2NO4S2/c8-4-1-3(18(10,14)15)2-5(9)6(4)13-19(16,17)7(11)12/h1-2,7,13H. The molecule has 0 aromatic heterocycles. The third-order valence-corrected chi connectivity index (χ3v) is 4.66. The van der Waals surface area contributed by atoms with Crippen LogP contribution < -0.4 is 4.72 Å². The van der Waals surface area contributed by atoms with Crippen LogP contribution in [0.25, 0.3) is 0 Å². The molecule has 19 heavy (non-hydrogen) atoms. The summed E-state index contributed by atoms with van der Waals surface area (Å²) in [6.45, 7) is 0. The Morgan fingerprint density at radius 2 is 1.47 bits per heavy atom. The Bertz CT molecular complexity index is 682. The molecule has 0 atom stereocenters. The predicted octanol–water partition coefficient (Wildman–Crippen LogP) is 2.89. The summed E-state index contributed by atoms with van der Waals surface area (Å²) in [5, 5.41) is -0.980. The summed E-state index contributed by atoms with van der Waals surface area (Å²) in [7, 11) is -4.09. The molecule has 0 unspecified atom stereocenters. The van der Waals surface area contributed by atoms with Crippen LogP contribution in [0.3, 0.4) is 0 Å². The van der Waals surface area contributed by atoms with E-state index >= 15 is 0 Å². The number of benzene rings is 1. The van der Waals surface area contributed by atoms with Crippen LogP contribution in [0.1, 0.15) is 0 Å². The molecule has 1 N–H and O–H groups in total. The van der Waals surface area contributed by atoms with Gasteiger partial charge in [0.25, 0.3) is 19.1 Å². The monoisotopic (exact) mass is 373 g/mol. The van der Waals surface area contributed by atoms with Gasteiger partial charge in [-0.2, -0.15) is 8.78 Å². The summed E-state index contributed by atoms with van der Waals surface area (Å²) >= 11 is 11.1. The molecule has 0 saturated carbocycles. The van der Waals surface area contributed by atoms with Gasteiger partial charge in [0.1, 0.15) is 0 Å². The zero-order valence-corrected chi connectivity index (χ0v) is 12.5. The molecule has 0 saturated heterocycles. The van der Waals surface area contributed by atoms with E-state index in [-0.39, 0.29) is 0 Å². The van der Waals surface area contributed by atoms with Gasteiger partial charge in [0.05, 0.1) is 20.6 Å². The van der Waals surface area contributed by atoms with E-state index in [0.29, 0.717) is 0 Å². The number of hydrogen-bond acceptors (Lipinski definition) is 4. The lowest BCUT2D eigenvalue weighted by atomic mass is 10.3. The third kappa shape index (κ3) is 4.06. The maximum Gasteiger partial charge on any atom is 0.355 e. The summed E-state index contributed by atoms with van der Waals surface area (Å²) in [4.78, 5) is -0.496. The maximum absolute atomic E-state index is 12.2. The Hall–Kier alpha value is -0.350. The molecule has 0 radical (unpaired) electrons. The van der Waals surface area contributed by atoms with Crippen LogP contribution in [0.5, 0.6) is 0 Å². The number of halogens is 5. The minimum Gasteiger partial charge on any atom is -0.276 e. The average molecular weight is 375 g/mol. The first kappa shape index (κ1) is 16.7. The molecule has 1 aromatic carbocycles. The van der Waals surface area contributed by atoms with Crippen LogP contribution in [0.4, 0.5) is 14.5 Å². The number of nitrogens with one attached hydrogen (secondary N) is 1. The van der Waals surface area contributed by atoms with Gasteiger partial charge in [-0.15, -0.1) is 0 Å². The van der Waals surface area contributed by atoms with Gasteiger partial charge in [-0.3, -0.25) is 4.72 Å². The third-order valence-electron chi connectivity index (χ3n) is 1.78. The SMILES string of the molecule is O=S(=O)(Cl)c1cc(Cl)c(NS(=O)(=O)C(F)F)c(Cl)c1. The Balaban J connectivity index is 3.35. The van der Waals surface area contributed by atoms with Crippen molar-refractivity contribution in [1.29, 1.82) is 0 Å². The lowest BCUT2D eigenvalue weighted by Gasteiger charge is -2.11. The van der Waals surface area contributed by atoms with Crippen molar-refractivity contribution in [3.05, 3.63) is 22.2 Å². The fourth-order valence-electron chi connectivity index (χ4n) is 0.975. The normalized spacial score (nSPS) is 12.7. The first-order chi connectivity index (χ1) is 8.45. The van der Waals surface area contributed by atoms with Gasteiger partial charge in [-0.25, -0.2) is 16.8 Å². The van der Waals surface area contributed by atoms with Gasteiger partial charge in [-0.05, 0) is 12.1 Å². The van der Waals surface area contributed by atoms with Crippen molar-refractivity contribution < 1.29 is 25.6 Å². The quantitative estimate of drug-likeness (QED) is 0.822. The second-order valence-corrected chi connectivity index (χ2v) is 8.14. The molecule has 0 aliphatic carbocycles. The summed E-state index contributed by atoms with van der Waals surface area (Å²) in [5.41, 5.74) is -0.562. The van der Waals surface area contributed by atoms with Gasteiger partial charge in [-0.1, -0.05) is 23.2 Å². The minimum absolute atomic E-state index is 0.490. The topological polar surface area (TPSA) is 80.3 Å². The summed E-state index contributed by atoms with van der Waals surface area (Å²) in [6, 6.07) is 1.55. The summed E-state index contributed by atoms with van der Waals surface area (Å²) < 4.78 is 69.8. The van der Waals surface area contributed by atoms with Gasteiger partial charge in [0.2, 0.25) is 0 Å². The van der Waals surface area contributed by atoms with Crippen molar-refractivity contribution in [3.63, 3.8) is 0 Å². The van der Waals surface area contributed by atoms with Crippen LogP contribution in [0.2, 0.25) is 10.0 Å². The van der Waals surface area contributed by atoms with E-state index in [1.54, 1.807) is 0 Å². The molecule has 1 aromatic rings. The van der Waals surface area contributed by atoms with Crippen LogP contribution in [0.15, 0.2) is 17.0 Å². The second kappa shape index (κ2) is 5.57. The van der Waals surface area contributed by atoms with E-state index in [1.807, 2.05) is 0 Å². The maximum atomic E-state index is 12.2. The number of hydrogen-bond donors (Lipinski definition) is 1. The Labute approximate surface area is 121 Å². The summed E-state index contributed by atoms with van der Waals surface area (Å²) in [6.07, 6.45) is 0. The molecule has 1 rings (SSSR count). The van der Waals surface area contributed by atoms with Gasteiger partial charge >= 0.3 is 5.76 Å². The predicted molar refractivity (Wildman–Crippen MR) is 68.0 cm³/mol. The van der Waals surface area contributed by atoms with Crippen LogP contribution >= 0.6 is 33.9 Å². The number of sulfonamides is 1. The lowest BCUT2D eigenvalue weighted by Crippen LogP contribution is -2.21. The molecule has 0 spiro atoms. The summed E-state index contributed by atoms with van der Waals surface area (Å²) in [5.74, 6) is -3.70. The molecule has 0 amide bonds. The number of anilines is 1. The highest BCUT2D eigenvalue weighted by Crippen LogP contribution is 2.35. The molecule has 0 bridgehead atoms. The fourth-order valence-corrected chi connectivity index (χ4v) is 3.18. The fraction of sp³-hybridized carbons (Fsp3) is 0.143. The molecule has 12 heteroatoms. The van der Waals surface area contributed by atoms with Crippen molar-refractivity contribution in [2.45, 2.75) is 10.7 Å². The molecule has 0 heterocycles. The highest BCUT2D eigenvalue weighted by molar-refractivity contribution is 8.13. The largest absolute Gasteiger partial charge is 0.355 e. The molecular weight excluding hydrogens is 371 g/mol. The van der Waals surface area contributed by atoms with E-state index in [9.17, 15) is 25.6 Å². The van der Waals surface area contributed by atoms with Gasteiger partial charge < -0.3 is 0 Å². The smallest absolute Gasteiger partial charge is 0.276 e. The minimum atomic E-state index is -4.98. The molecule has 5 nitrogen and oxygen atoms in total. The first-order valence-electron chi connectivity index (χ1n) is 4.18. The highest BCUT2D eigenvalue weighted by Gasteiger charge is 2.26. The van der Waals surface area contributed by atoms with Crippen LogP contribution in [0, 0.1) is 0 Å². The molecule has 0 aliphatic rings. The van der Waals surface area contributed by atoms with Crippen LogP contribution in [-0.4, -0.2) is 22.6 Å². The van der Waals surface area contributed by atoms with Gasteiger partial charge in [0.15, 0.2) is 0 Å². The van der Waals surface area contributed by atoms with E-state index in [0.717, 1.165) is 12.1 Å². The first-order valence-corrected chi connectivity index (χ1v) is 8.80. The van der Waals surface area contributed by atoms with Crippen molar-refractivity contribution in [1.82, 2.24) is 0 Å². The average Bonchev–Trinajstić information content (AvgIpc) is 2.21. The van der Waals surface area contributed by atoms with Crippen molar-refractivity contribution >= 4 is 58.6 Å². The molecule has 0 fully saturated rings. The van der Waals surface area contributed by atoms with E-state index in [2.05, 4.69) is 0 Å². The van der Waals surface area contributed by atoms with Crippen molar-refractivity contribution in [2.24, 2.45) is 0 Å². The Morgan fingerprint density at radius 3 is 1.79 bits per heavy atom. The van der Waals surface area contributed by atoms with E-state index in [1.165, 1.54) is 4.72 Å². The second-order valence-electron chi connectivity index (χ2n) is 3.11. The van der Waals surface area contributed by atoms with Crippen molar-refractivity contribution in [2.75, 3.05) is 4.72 Å². The highest BCUT2D eigenvalue weighted by atomic mass is 35.7. The molecule has 0 aliphatic heterocycles. The Morgan fingerprint density at radius 1 is 1.05 bits per heavy atom. The van der Waals surface area contributed by atoms with E-state index in [4.69, 9.17) is 33.9 Å².